The Morgan fingerprint density at radius 2 is 2.00 bits per heavy atom. The Bertz CT molecular complexity index is 737. The number of aromatic amines is 1. The van der Waals surface area contributed by atoms with Crippen LogP contribution in [0.3, 0.4) is 0 Å². The number of carbonyl (C=O) groups is 2. The van der Waals surface area contributed by atoms with Crippen molar-refractivity contribution in [1.29, 1.82) is 0 Å². The van der Waals surface area contributed by atoms with Gasteiger partial charge < -0.3 is 10.4 Å². The number of hydrogen-bond donors (Lipinski definition) is 3. The van der Waals surface area contributed by atoms with Crippen molar-refractivity contribution < 1.29 is 14.7 Å². The molecule has 1 aromatic heterocycles. The Balaban J connectivity index is 1.64. The number of benzene rings is 1. The first-order valence-corrected chi connectivity index (χ1v) is 7.99. The van der Waals surface area contributed by atoms with Gasteiger partial charge in [-0.3, -0.25) is 14.7 Å². The van der Waals surface area contributed by atoms with Crippen LogP contribution in [0.5, 0.6) is 0 Å². The van der Waals surface area contributed by atoms with Gasteiger partial charge in [0.25, 0.3) is 0 Å². The van der Waals surface area contributed by atoms with E-state index in [1.165, 1.54) is 0 Å². The average molecular weight is 379 g/mol. The van der Waals surface area contributed by atoms with Crippen LogP contribution in [-0.2, 0) is 16.1 Å². The number of H-pyrrole nitrogens is 1. The quantitative estimate of drug-likeness (QED) is 0.690. The number of nitrogens with zero attached hydrogens (tertiary/aromatic N) is 2. The summed E-state index contributed by atoms with van der Waals surface area (Å²) in [7, 11) is 0. The molecule has 0 radical (unpaired) electrons. The molecule has 8 heteroatoms. The molecule has 3 N–H and O–H groups in total. The average Bonchev–Trinajstić information content (AvgIpc) is 2.93. The minimum Gasteiger partial charge on any atom is -0.480 e. The summed E-state index contributed by atoms with van der Waals surface area (Å²) in [6.07, 6.45) is 1.53. The van der Waals surface area contributed by atoms with Crippen molar-refractivity contribution in [2.75, 3.05) is 0 Å². The van der Waals surface area contributed by atoms with Crippen molar-refractivity contribution >= 4 is 27.8 Å². The third-order valence-electron chi connectivity index (χ3n) is 4.10. The highest BCUT2D eigenvalue weighted by Crippen LogP contribution is 2.41. The SMILES string of the molecule is O=C(O)C1(C(=O)NCc2nc(-c3ccc(Br)cc3)n[nH]2)CCC1. The lowest BCUT2D eigenvalue weighted by Crippen LogP contribution is -2.50. The zero-order valence-corrected chi connectivity index (χ0v) is 13.8. The van der Waals surface area contributed by atoms with Crippen LogP contribution in [0.1, 0.15) is 25.1 Å². The standard InChI is InChI=1S/C15H15BrN4O3/c16-10-4-2-9(3-5-10)12-18-11(19-20-12)8-17-13(21)15(14(22)23)6-1-7-15/h2-5H,1,6-8H2,(H,17,21)(H,22,23)(H,18,19,20). The summed E-state index contributed by atoms with van der Waals surface area (Å²) in [5.41, 5.74) is -0.419. The number of nitrogens with one attached hydrogen (secondary N) is 2. The van der Waals surface area contributed by atoms with Crippen molar-refractivity contribution in [2.45, 2.75) is 25.8 Å². The highest BCUT2D eigenvalue weighted by molar-refractivity contribution is 9.10. The van der Waals surface area contributed by atoms with E-state index in [1.807, 2.05) is 24.3 Å². The topological polar surface area (TPSA) is 108 Å². The van der Waals surface area contributed by atoms with Gasteiger partial charge in [-0.2, -0.15) is 5.10 Å². The second kappa shape index (κ2) is 6.11. The van der Waals surface area contributed by atoms with Gasteiger partial charge in [-0.15, -0.1) is 0 Å². The molecule has 0 unspecified atom stereocenters. The van der Waals surface area contributed by atoms with Crippen molar-refractivity contribution in [2.24, 2.45) is 5.41 Å². The van der Waals surface area contributed by atoms with Crippen LogP contribution >= 0.6 is 15.9 Å². The zero-order chi connectivity index (χ0) is 16.4. The minimum absolute atomic E-state index is 0.122. The molecular weight excluding hydrogens is 364 g/mol. The maximum atomic E-state index is 12.1. The Labute approximate surface area is 140 Å². The smallest absolute Gasteiger partial charge is 0.319 e. The zero-order valence-electron chi connectivity index (χ0n) is 12.2. The number of carbonyl (C=O) groups excluding carboxylic acids is 1. The summed E-state index contributed by atoms with van der Waals surface area (Å²) in [5.74, 6) is -0.512. The highest BCUT2D eigenvalue weighted by Gasteiger charge is 2.51. The highest BCUT2D eigenvalue weighted by atomic mass is 79.9. The largest absolute Gasteiger partial charge is 0.480 e. The Morgan fingerprint density at radius 3 is 2.57 bits per heavy atom. The first-order valence-electron chi connectivity index (χ1n) is 7.20. The van der Waals surface area contributed by atoms with Crippen LogP contribution in [-0.4, -0.2) is 32.2 Å². The van der Waals surface area contributed by atoms with E-state index in [0.717, 1.165) is 16.5 Å². The number of carboxylic acid groups (broad SMARTS) is 1. The van der Waals surface area contributed by atoms with E-state index in [4.69, 9.17) is 0 Å². The van der Waals surface area contributed by atoms with Crippen molar-refractivity contribution in [1.82, 2.24) is 20.5 Å². The first-order chi connectivity index (χ1) is 11.0. The molecule has 1 aromatic carbocycles. The fourth-order valence-corrected chi connectivity index (χ4v) is 2.77. The Morgan fingerprint density at radius 1 is 1.30 bits per heavy atom. The lowest BCUT2D eigenvalue weighted by Gasteiger charge is -2.35. The Kier molecular flexibility index (Phi) is 4.16. The fourth-order valence-electron chi connectivity index (χ4n) is 2.50. The molecule has 1 aliphatic rings. The molecule has 3 rings (SSSR count). The van der Waals surface area contributed by atoms with Crippen molar-refractivity contribution in [3.63, 3.8) is 0 Å². The van der Waals surface area contributed by atoms with Gasteiger partial charge in [-0.25, -0.2) is 4.98 Å². The summed E-state index contributed by atoms with van der Waals surface area (Å²) in [6, 6.07) is 7.54. The van der Waals surface area contributed by atoms with Crippen molar-refractivity contribution in [3.05, 3.63) is 34.6 Å². The molecule has 0 atom stereocenters. The van der Waals surface area contributed by atoms with E-state index < -0.39 is 17.3 Å². The molecule has 0 saturated heterocycles. The second-order valence-corrected chi connectivity index (χ2v) is 6.45. The molecule has 7 nitrogen and oxygen atoms in total. The molecule has 120 valence electrons. The molecular formula is C15H15BrN4O3. The van der Waals surface area contributed by atoms with Crippen LogP contribution < -0.4 is 5.32 Å². The van der Waals surface area contributed by atoms with Gasteiger partial charge in [-0.05, 0) is 25.0 Å². The van der Waals surface area contributed by atoms with Gasteiger partial charge in [-0.1, -0.05) is 34.5 Å². The van der Waals surface area contributed by atoms with Crippen LogP contribution in [0.25, 0.3) is 11.4 Å². The number of halogens is 1. The number of aromatic nitrogens is 3. The van der Waals surface area contributed by atoms with Gasteiger partial charge in [0.05, 0.1) is 6.54 Å². The molecule has 2 aromatic rings. The number of amides is 1. The fraction of sp³-hybridized carbons (Fsp3) is 0.333. The lowest BCUT2D eigenvalue weighted by molar-refractivity contribution is -0.162. The molecule has 1 amide bonds. The maximum absolute atomic E-state index is 12.1. The normalized spacial score (nSPS) is 15.7. The molecule has 0 spiro atoms. The second-order valence-electron chi connectivity index (χ2n) is 5.54. The summed E-state index contributed by atoms with van der Waals surface area (Å²) in [5, 5.41) is 18.7. The van der Waals surface area contributed by atoms with Gasteiger partial charge in [0, 0.05) is 10.0 Å². The first kappa shape index (κ1) is 15.7. The number of aliphatic carboxylic acids is 1. The third kappa shape index (κ3) is 2.98. The number of carboxylic acids is 1. The van der Waals surface area contributed by atoms with E-state index in [9.17, 15) is 14.7 Å². The predicted octanol–water partition coefficient (Wildman–Crippen LogP) is 2.11. The molecule has 1 heterocycles. The summed E-state index contributed by atoms with van der Waals surface area (Å²) >= 11 is 3.36. The Hall–Kier alpha value is -2.22. The number of hydrogen-bond acceptors (Lipinski definition) is 4. The van der Waals surface area contributed by atoms with Gasteiger partial charge in [0.15, 0.2) is 5.82 Å². The van der Waals surface area contributed by atoms with E-state index in [-0.39, 0.29) is 6.54 Å². The van der Waals surface area contributed by atoms with Crippen LogP contribution in [0.2, 0.25) is 0 Å². The van der Waals surface area contributed by atoms with E-state index in [1.54, 1.807) is 0 Å². The van der Waals surface area contributed by atoms with E-state index in [0.29, 0.717) is 24.5 Å². The third-order valence-corrected chi connectivity index (χ3v) is 4.63. The van der Waals surface area contributed by atoms with Crippen LogP contribution in [0.4, 0.5) is 0 Å². The summed E-state index contributed by atoms with van der Waals surface area (Å²) in [6.45, 7) is 0.122. The van der Waals surface area contributed by atoms with Gasteiger partial charge >= 0.3 is 5.97 Å². The monoisotopic (exact) mass is 378 g/mol. The number of rotatable bonds is 5. The van der Waals surface area contributed by atoms with E-state index >= 15 is 0 Å². The molecule has 0 bridgehead atoms. The van der Waals surface area contributed by atoms with Crippen molar-refractivity contribution in [3.8, 4) is 11.4 Å². The van der Waals surface area contributed by atoms with Crippen LogP contribution in [0.15, 0.2) is 28.7 Å². The lowest BCUT2D eigenvalue weighted by atomic mass is 9.68. The molecule has 1 saturated carbocycles. The van der Waals surface area contributed by atoms with E-state index in [2.05, 4.69) is 36.4 Å². The molecule has 1 aliphatic carbocycles. The predicted molar refractivity (Wildman–Crippen MR) is 85.3 cm³/mol. The maximum Gasteiger partial charge on any atom is 0.319 e. The van der Waals surface area contributed by atoms with Crippen LogP contribution in [0, 0.1) is 5.41 Å². The van der Waals surface area contributed by atoms with Gasteiger partial charge in [0.2, 0.25) is 5.91 Å². The minimum atomic E-state index is -1.27. The molecule has 23 heavy (non-hydrogen) atoms. The van der Waals surface area contributed by atoms with Gasteiger partial charge in [0.1, 0.15) is 11.2 Å². The summed E-state index contributed by atoms with van der Waals surface area (Å²) in [4.78, 5) is 27.7. The molecule has 0 aliphatic heterocycles. The summed E-state index contributed by atoms with van der Waals surface area (Å²) < 4.78 is 0.962. The molecule has 1 fully saturated rings.